The molecule has 0 bridgehead atoms. The summed E-state index contributed by atoms with van der Waals surface area (Å²) < 4.78 is 13.3. The van der Waals surface area contributed by atoms with Crippen LogP contribution >= 0.6 is 11.6 Å². The van der Waals surface area contributed by atoms with Crippen molar-refractivity contribution in [2.75, 3.05) is 11.9 Å². The van der Waals surface area contributed by atoms with Gasteiger partial charge in [-0.1, -0.05) is 37.6 Å². The van der Waals surface area contributed by atoms with E-state index in [1.807, 2.05) is 38.8 Å². The van der Waals surface area contributed by atoms with Crippen molar-refractivity contribution >= 4 is 17.4 Å². The summed E-state index contributed by atoms with van der Waals surface area (Å²) in [6, 6.07) is 6.56. The lowest BCUT2D eigenvalue weighted by Gasteiger charge is -2.22. The predicted molar refractivity (Wildman–Crippen MR) is 84.4 cm³/mol. The summed E-state index contributed by atoms with van der Waals surface area (Å²) in [6.45, 7) is 6.50. The fraction of sp³-hybridized carbons (Fsp3) is 0.375. The summed E-state index contributed by atoms with van der Waals surface area (Å²) in [6.07, 6.45) is 0. The molecule has 2 aromatic rings. The van der Waals surface area contributed by atoms with Gasteiger partial charge in [0.2, 0.25) is 0 Å². The second kappa shape index (κ2) is 6.39. The van der Waals surface area contributed by atoms with Gasteiger partial charge in [-0.25, -0.2) is 14.4 Å². The average molecular weight is 308 g/mol. The van der Waals surface area contributed by atoms with Gasteiger partial charge in [0.15, 0.2) is 0 Å². The van der Waals surface area contributed by atoms with E-state index in [9.17, 15) is 4.39 Å². The molecule has 3 nitrogen and oxygen atoms in total. The van der Waals surface area contributed by atoms with Crippen LogP contribution < -0.4 is 4.90 Å². The quantitative estimate of drug-likeness (QED) is 0.787. The van der Waals surface area contributed by atoms with Crippen LogP contribution in [0.4, 0.5) is 10.2 Å². The average Bonchev–Trinajstić information content (AvgIpc) is 2.41. The molecule has 0 unspecified atom stereocenters. The van der Waals surface area contributed by atoms with Crippen molar-refractivity contribution in [1.29, 1.82) is 0 Å². The Morgan fingerprint density at radius 2 is 2.00 bits per heavy atom. The van der Waals surface area contributed by atoms with Gasteiger partial charge < -0.3 is 4.90 Å². The number of halogens is 2. The number of hydrogen-bond acceptors (Lipinski definition) is 3. The van der Waals surface area contributed by atoms with Gasteiger partial charge in [-0.15, -0.1) is 0 Å². The van der Waals surface area contributed by atoms with E-state index in [-0.39, 0.29) is 11.7 Å². The molecule has 0 N–H and O–H groups in total. The third kappa shape index (κ3) is 3.70. The number of anilines is 1. The highest BCUT2D eigenvalue weighted by molar-refractivity contribution is 6.30. The largest absolute Gasteiger partial charge is 0.355 e. The summed E-state index contributed by atoms with van der Waals surface area (Å²) in [5.41, 5.74) is 1.72. The van der Waals surface area contributed by atoms with Crippen molar-refractivity contribution in [1.82, 2.24) is 9.97 Å². The van der Waals surface area contributed by atoms with Crippen LogP contribution in [0.3, 0.4) is 0 Å². The Morgan fingerprint density at radius 1 is 1.29 bits per heavy atom. The lowest BCUT2D eigenvalue weighted by molar-refractivity contribution is 0.625. The Bertz CT molecular complexity index is 643. The zero-order valence-corrected chi connectivity index (χ0v) is 13.4. The number of benzene rings is 1. The van der Waals surface area contributed by atoms with E-state index in [0.717, 1.165) is 16.9 Å². The third-order valence-corrected chi connectivity index (χ3v) is 3.63. The summed E-state index contributed by atoms with van der Waals surface area (Å²) in [5.74, 6) is 1.46. The van der Waals surface area contributed by atoms with Gasteiger partial charge in [0.1, 0.15) is 22.6 Å². The minimum Gasteiger partial charge on any atom is -0.355 e. The fourth-order valence-electron chi connectivity index (χ4n) is 2.11. The molecule has 0 amide bonds. The lowest BCUT2D eigenvalue weighted by Crippen LogP contribution is -2.20. The zero-order chi connectivity index (χ0) is 15.6. The molecule has 0 saturated heterocycles. The highest BCUT2D eigenvalue weighted by atomic mass is 35.5. The molecular formula is C16H19ClFN3. The van der Waals surface area contributed by atoms with E-state index in [1.165, 1.54) is 12.1 Å². The van der Waals surface area contributed by atoms with Crippen LogP contribution in [0.2, 0.25) is 5.15 Å². The highest BCUT2D eigenvalue weighted by Gasteiger charge is 2.15. The molecule has 1 aromatic carbocycles. The Hall–Kier alpha value is -1.68. The lowest BCUT2D eigenvalue weighted by atomic mass is 10.2. The number of aromatic nitrogens is 2. The Balaban J connectivity index is 2.32. The molecule has 0 aliphatic heterocycles. The van der Waals surface area contributed by atoms with E-state index in [4.69, 9.17) is 11.6 Å². The van der Waals surface area contributed by atoms with Gasteiger partial charge in [0, 0.05) is 25.1 Å². The van der Waals surface area contributed by atoms with E-state index < -0.39 is 0 Å². The molecule has 5 heteroatoms. The first-order valence-electron chi connectivity index (χ1n) is 6.88. The summed E-state index contributed by atoms with van der Waals surface area (Å²) in [5, 5.41) is 0.467. The molecule has 0 atom stereocenters. The molecule has 0 radical (unpaired) electrons. The summed E-state index contributed by atoms with van der Waals surface area (Å²) in [7, 11) is 1.92. The summed E-state index contributed by atoms with van der Waals surface area (Å²) >= 11 is 6.20. The van der Waals surface area contributed by atoms with Gasteiger partial charge >= 0.3 is 0 Å². The van der Waals surface area contributed by atoms with Crippen molar-refractivity contribution in [2.45, 2.75) is 33.2 Å². The Morgan fingerprint density at radius 3 is 2.62 bits per heavy atom. The maximum Gasteiger partial charge on any atom is 0.137 e. The standard InChI is InChI=1S/C16H19ClFN3/c1-10(2)15-19-14(17)11(3)16(20-15)21(4)9-12-6-5-7-13(18)8-12/h5-8,10H,9H2,1-4H3. The van der Waals surface area contributed by atoms with E-state index in [0.29, 0.717) is 17.5 Å². The van der Waals surface area contributed by atoms with Crippen LogP contribution in [-0.2, 0) is 6.54 Å². The second-order valence-corrected chi connectivity index (χ2v) is 5.82. The zero-order valence-electron chi connectivity index (χ0n) is 12.7. The molecule has 21 heavy (non-hydrogen) atoms. The SMILES string of the molecule is Cc1c(Cl)nc(C(C)C)nc1N(C)Cc1cccc(F)c1. The Labute approximate surface area is 129 Å². The predicted octanol–water partition coefficient (Wildman–Crippen LogP) is 4.34. The molecule has 0 aliphatic rings. The topological polar surface area (TPSA) is 29.0 Å². The van der Waals surface area contributed by atoms with Crippen molar-refractivity contribution < 1.29 is 4.39 Å². The molecule has 0 aliphatic carbocycles. The first-order chi connectivity index (χ1) is 9.88. The van der Waals surface area contributed by atoms with Crippen LogP contribution in [0.1, 0.15) is 36.7 Å². The van der Waals surface area contributed by atoms with E-state index in [1.54, 1.807) is 6.07 Å². The fourth-order valence-corrected chi connectivity index (χ4v) is 2.28. The van der Waals surface area contributed by atoms with Gasteiger partial charge in [-0.3, -0.25) is 0 Å². The maximum absolute atomic E-state index is 13.3. The van der Waals surface area contributed by atoms with Gasteiger partial charge in [0.25, 0.3) is 0 Å². The molecule has 0 saturated carbocycles. The van der Waals surface area contributed by atoms with Crippen molar-refractivity contribution in [3.63, 3.8) is 0 Å². The molecule has 0 fully saturated rings. The molecule has 1 heterocycles. The Kier molecular flexibility index (Phi) is 4.78. The highest BCUT2D eigenvalue weighted by Crippen LogP contribution is 2.26. The molecule has 0 spiro atoms. The van der Waals surface area contributed by atoms with Crippen LogP contribution in [0.15, 0.2) is 24.3 Å². The molecule has 1 aromatic heterocycles. The van der Waals surface area contributed by atoms with Crippen LogP contribution in [0, 0.1) is 12.7 Å². The van der Waals surface area contributed by atoms with Crippen molar-refractivity contribution in [3.05, 3.63) is 52.2 Å². The number of rotatable bonds is 4. The van der Waals surface area contributed by atoms with Crippen molar-refractivity contribution in [2.24, 2.45) is 0 Å². The first kappa shape index (κ1) is 15.7. The van der Waals surface area contributed by atoms with Gasteiger partial charge in [-0.05, 0) is 24.6 Å². The minimum absolute atomic E-state index is 0.199. The molecular weight excluding hydrogens is 289 g/mol. The first-order valence-corrected chi connectivity index (χ1v) is 7.26. The summed E-state index contributed by atoms with van der Waals surface area (Å²) in [4.78, 5) is 10.9. The van der Waals surface area contributed by atoms with Crippen LogP contribution in [0.25, 0.3) is 0 Å². The smallest absolute Gasteiger partial charge is 0.137 e. The normalized spacial score (nSPS) is 11.0. The van der Waals surface area contributed by atoms with Gasteiger partial charge in [-0.2, -0.15) is 0 Å². The number of hydrogen-bond donors (Lipinski definition) is 0. The van der Waals surface area contributed by atoms with Crippen molar-refractivity contribution in [3.8, 4) is 0 Å². The van der Waals surface area contributed by atoms with E-state index in [2.05, 4.69) is 9.97 Å². The minimum atomic E-state index is -0.235. The molecule has 112 valence electrons. The maximum atomic E-state index is 13.3. The van der Waals surface area contributed by atoms with Crippen LogP contribution in [-0.4, -0.2) is 17.0 Å². The number of nitrogens with zero attached hydrogens (tertiary/aromatic N) is 3. The molecule has 2 rings (SSSR count). The second-order valence-electron chi connectivity index (χ2n) is 5.46. The van der Waals surface area contributed by atoms with E-state index >= 15 is 0 Å². The monoisotopic (exact) mass is 307 g/mol. The third-order valence-electron chi connectivity index (χ3n) is 3.26. The van der Waals surface area contributed by atoms with Crippen LogP contribution in [0.5, 0.6) is 0 Å². The van der Waals surface area contributed by atoms with Gasteiger partial charge in [0.05, 0.1) is 0 Å².